The van der Waals surface area contributed by atoms with Crippen LogP contribution >= 0.6 is 0 Å². The monoisotopic (exact) mass is 470 g/mol. The van der Waals surface area contributed by atoms with E-state index in [-0.39, 0.29) is 15.8 Å². The van der Waals surface area contributed by atoms with E-state index in [2.05, 4.69) is 20.4 Å². The molecule has 3 rings (SSSR count). The second-order valence-electron chi connectivity index (χ2n) is 6.91. The highest BCUT2D eigenvalue weighted by Gasteiger charge is 2.31. The molecular formula is C19H17F3N4O5S. The Morgan fingerprint density at radius 3 is 2.44 bits per heavy atom. The van der Waals surface area contributed by atoms with Gasteiger partial charge in [0.2, 0.25) is 5.91 Å². The molecule has 1 aromatic heterocycles. The first-order valence-corrected chi connectivity index (χ1v) is 11.0. The Hall–Kier alpha value is -3.48. The van der Waals surface area contributed by atoms with Gasteiger partial charge >= 0.3 is 6.36 Å². The highest BCUT2D eigenvalue weighted by atomic mass is 32.2. The summed E-state index contributed by atoms with van der Waals surface area (Å²) >= 11 is 0. The van der Waals surface area contributed by atoms with E-state index in [0.29, 0.717) is 5.56 Å². The molecule has 2 aromatic carbocycles. The van der Waals surface area contributed by atoms with Crippen LogP contribution in [0.3, 0.4) is 0 Å². The molecule has 170 valence electrons. The zero-order chi connectivity index (χ0) is 23.7. The first kappa shape index (κ1) is 23.2. The van der Waals surface area contributed by atoms with E-state index in [1.807, 2.05) is 0 Å². The minimum atomic E-state index is -4.81. The van der Waals surface area contributed by atoms with Crippen LogP contribution in [0.25, 0.3) is 10.9 Å². The largest absolute Gasteiger partial charge is 0.573 e. The number of amides is 1. The van der Waals surface area contributed by atoms with Crippen molar-refractivity contribution < 1.29 is 31.1 Å². The van der Waals surface area contributed by atoms with Crippen LogP contribution in [0, 0.1) is 0 Å². The first-order valence-electron chi connectivity index (χ1n) is 9.06. The third-order valence-corrected chi connectivity index (χ3v) is 5.52. The van der Waals surface area contributed by atoms with Crippen LogP contribution in [0.2, 0.25) is 0 Å². The molecule has 0 saturated heterocycles. The van der Waals surface area contributed by atoms with Gasteiger partial charge in [-0.3, -0.25) is 9.59 Å². The van der Waals surface area contributed by atoms with E-state index in [9.17, 15) is 31.2 Å². The number of nitrogens with zero attached hydrogens (tertiary/aromatic N) is 3. The molecule has 0 aliphatic heterocycles. The summed E-state index contributed by atoms with van der Waals surface area (Å²) in [6.07, 6.45) is -3.81. The van der Waals surface area contributed by atoms with Crippen molar-refractivity contribution in [1.82, 2.24) is 20.3 Å². The molecule has 13 heteroatoms. The molecule has 0 spiro atoms. The molecule has 0 bridgehead atoms. The number of hydrogen-bond donors (Lipinski definition) is 1. The molecule has 0 radical (unpaired) electrons. The lowest BCUT2D eigenvalue weighted by Crippen LogP contribution is -2.35. The van der Waals surface area contributed by atoms with Gasteiger partial charge in [0.25, 0.3) is 5.56 Å². The van der Waals surface area contributed by atoms with Crippen molar-refractivity contribution in [2.75, 3.05) is 6.26 Å². The molecule has 1 heterocycles. The van der Waals surface area contributed by atoms with Gasteiger partial charge in [0, 0.05) is 6.26 Å². The molecule has 0 aliphatic carbocycles. The van der Waals surface area contributed by atoms with Crippen molar-refractivity contribution in [3.8, 4) is 5.75 Å². The van der Waals surface area contributed by atoms with Crippen molar-refractivity contribution in [3.63, 3.8) is 0 Å². The van der Waals surface area contributed by atoms with E-state index in [1.165, 1.54) is 30.3 Å². The summed E-state index contributed by atoms with van der Waals surface area (Å²) in [4.78, 5) is 24.9. The maximum absolute atomic E-state index is 12.6. The summed E-state index contributed by atoms with van der Waals surface area (Å²) < 4.78 is 64.8. The number of ether oxygens (including phenoxy) is 1. The van der Waals surface area contributed by atoms with Crippen molar-refractivity contribution in [3.05, 3.63) is 58.4 Å². The van der Waals surface area contributed by atoms with Crippen LogP contribution in [0.4, 0.5) is 13.2 Å². The summed E-state index contributed by atoms with van der Waals surface area (Å²) in [5.74, 6) is -1.01. The van der Waals surface area contributed by atoms with E-state index < -0.39 is 46.0 Å². The maximum atomic E-state index is 12.6. The summed E-state index contributed by atoms with van der Waals surface area (Å²) in [5.41, 5.74) is -0.0202. The predicted molar refractivity (Wildman–Crippen MR) is 107 cm³/mol. The van der Waals surface area contributed by atoms with Crippen molar-refractivity contribution >= 4 is 26.6 Å². The fourth-order valence-electron chi connectivity index (χ4n) is 2.85. The number of fused-ring (bicyclic) bond motifs is 1. The SMILES string of the molecule is C[C@H](NC(=O)Cn1nnc2ccc(S(C)(=O)=O)cc2c1=O)c1ccc(OC(F)(F)F)cc1. The summed E-state index contributed by atoms with van der Waals surface area (Å²) in [6.45, 7) is 1.11. The van der Waals surface area contributed by atoms with E-state index >= 15 is 0 Å². The van der Waals surface area contributed by atoms with Gasteiger partial charge in [0.1, 0.15) is 17.8 Å². The third kappa shape index (κ3) is 5.60. The fourth-order valence-corrected chi connectivity index (χ4v) is 3.50. The van der Waals surface area contributed by atoms with Crippen molar-refractivity contribution in [2.24, 2.45) is 0 Å². The lowest BCUT2D eigenvalue weighted by Gasteiger charge is -2.15. The number of alkyl halides is 3. The highest BCUT2D eigenvalue weighted by molar-refractivity contribution is 7.90. The summed E-state index contributed by atoms with van der Waals surface area (Å²) in [6, 6.07) is 8.18. The van der Waals surface area contributed by atoms with Gasteiger partial charge in [-0.2, -0.15) is 0 Å². The molecule has 32 heavy (non-hydrogen) atoms. The lowest BCUT2D eigenvalue weighted by molar-refractivity contribution is -0.274. The highest BCUT2D eigenvalue weighted by Crippen LogP contribution is 2.24. The molecule has 9 nitrogen and oxygen atoms in total. The Morgan fingerprint density at radius 2 is 1.84 bits per heavy atom. The average molecular weight is 470 g/mol. The van der Waals surface area contributed by atoms with Crippen LogP contribution in [-0.4, -0.2) is 41.9 Å². The van der Waals surface area contributed by atoms with Crippen LogP contribution in [0.1, 0.15) is 18.5 Å². The number of benzene rings is 2. The van der Waals surface area contributed by atoms with Crippen LogP contribution in [0.5, 0.6) is 5.75 Å². The number of carbonyl (C=O) groups is 1. The lowest BCUT2D eigenvalue weighted by atomic mass is 10.1. The van der Waals surface area contributed by atoms with Gasteiger partial charge in [0.15, 0.2) is 9.84 Å². The number of halogens is 3. The summed E-state index contributed by atoms with van der Waals surface area (Å²) in [7, 11) is -3.55. The predicted octanol–water partition coefficient (Wildman–Crippen LogP) is 1.97. The van der Waals surface area contributed by atoms with Crippen LogP contribution in [-0.2, 0) is 21.2 Å². The molecule has 0 aliphatic rings. The molecule has 1 atom stereocenters. The van der Waals surface area contributed by atoms with Gasteiger partial charge in [-0.15, -0.1) is 18.3 Å². The quantitative estimate of drug-likeness (QED) is 0.585. The minimum absolute atomic E-state index is 0.0102. The second-order valence-corrected chi connectivity index (χ2v) is 8.93. The summed E-state index contributed by atoms with van der Waals surface area (Å²) in [5, 5.41) is 10.1. The number of rotatable bonds is 6. The number of sulfone groups is 1. The standard InChI is InChI=1S/C19H17F3N4O5S/c1-11(12-3-5-13(6-4-12)31-19(20,21)22)23-17(27)10-26-18(28)15-9-14(32(2,29)30)7-8-16(15)24-25-26/h3-9,11H,10H2,1-2H3,(H,23,27)/t11-/m0/s1. The van der Waals surface area contributed by atoms with Crippen molar-refractivity contribution in [1.29, 1.82) is 0 Å². The maximum Gasteiger partial charge on any atom is 0.573 e. The smallest absolute Gasteiger partial charge is 0.406 e. The normalized spacial score (nSPS) is 13.0. The molecule has 1 N–H and O–H groups in total. The molecule has 3 aromatic rings. The molecule has 0 unspecified atom stereocenters. The Bertz CT molecular complexity index is 1320. The molecular weight excluding hydrogens is 453 g/mol. The molecule has 0 saturated carbocycles. The third-order valence-electron chi connectivity index (χ3n) is 4.41. The van der Waals surface area contributed by atoms with Gasteiger partial charge < -0.3 is 10.1 Å². The zero-order valence-corrected chi connectivity index (χ0v) is 17.6. The van der Waals surface area contributed by atoms with E-state index in [4.69, 9.17) is 0 Å². The van der Waals surface area contributed by atoms with E-state index in [1.54, 1.807) is 6.92 Å². The van der Waals surface area contributed by atoms with Crippen LogP contribution in [0.15, 0.2) is 52.2 Å². The Labute approximate surface area is 179 Å². The van der Waals surface area contributed by atoms with Gasteiger partial charge in [0.05, 0.1) is 16.3 Å². The molecule has 0 fully saturated rings. The number of aromatic nitrogens is 3. The fraction of sp³-hybridized carbons (Fsp3) is 0.263. The van der Waals surface area contributed by atoms with E-state index in [0.717, 1.165) is 23.1 Å². The second kappa shape index (κ2) is 8.57. The zero-order valence-electron chi connectivity index (χ0n) is 16.8. The Balaban J connectivity index is 1.74. The average Bonchev–Trinajstić information content (AvgIpc) is 2.68. The topological polar surface area (TPSA) is 120 Å². The van der Waals surface area contributed by atoms with Gasteiger partial charge in [-0.1, -0.05) is 17.3 Å². The number of carbonyl (C=O) groups excluding carboxylic acids is 1. The van der Waals surface area contributed by atoms with Crippen LogP contribution < -0.4 is 15.6 Å². The number of nitrogens with one attached hydrogen (secondary N) is 1. The van der Waals surface area contributed by atoms with Gasteiger partial charge in [-0.05, 0) is 42.8 Å². The first-order chi connectivity index (χ1) is 14.8. The number of hydrogen-bond acceptors (Lipinski definition) is 7. The minimum Gasteiger partial charge on any atom is -0.406 e. The Morgan fingerprint density at radius 1 is 1.19 bits per heavy atom. The molecule has 1 amide bonds. The van der Waals surface area contributed by atoms with Crippen molar-refractivity contribution in [2.45, 2.75) is 30.8 Å². The van der Waals surface area contributed by atoms with Gasteiger partial charge in [-0.25, -0.2) is 13.1 Å². The Kier molecular flexibility index (Phi) is 6.21.